The van der Waals surface area contributed by atoms with Crippen LogP contribution in [0.1, 0.15) is 13.8 Å². The number of ketones is 1. The zero-order valence-electron chi connectivity index (χ0n) is 8.43. The van der Waals surface area contributed by atoms with Crippen molar-refractivity contribution in [2.24, 2.45) is 0 Å². The number of cyclic esters (lactones) is 1. The number of ether oxygens (including phenoxy) is 3. The highest BCUT2D eigenvalue weighted by atomic mass is 16.8. The third kappa shape index (κ3) is 1.75. The molecule has 0 aromatic carbocycles. The van der Waals surface area contributed by atoms with Gasteiger partial charge in [0.25, 0.3) is 5.78 Å². The number of hydrogen-bond donors (Lipinski definition) is 1. The average molecular weight is 216 g/mol. The van der Waals surface area contributed by atoms with Gasteiger partial charge in [-0.3, -0.25) is 4.79 Å². The summed E-state index contributed by atoms with van der Waals surface area (Å²) >= 11 is 0. The van der Waals surface area contributed by atoms with Crippen LogP contribution < -0.4 is 0 Å². The molecule has 0 aromatic rings. The van der Waals surface area contributed by atoms with Gasteiger partial charge in [0.2, 0.25) is 0 Å². The number of aliphatic hydroxyl groups excluding tert-OH is 1. The van der Waals surface area contributed by atoms with E-state index in [9.17, 15) is 14.7 Å². The second-order valence-corrected chi connectivity index (χ2v) is 4.05. The van der Waals surface area contributed by atoms with Crippen LogP contribution >= 0.6 is 0 Å². The minimum absolute atomic E-state index is 0.190. The molecule has 84 valence electrons. The first-order valence-corrected chi connectivity index (χ1v) is 4.65. The lowest BCUT2D eigenvalue weighted by molar-refractivity contribution is -0.166. The van der Waals surface area contributed by atoms with E-state index in [0.29, 0.717) is 0 Å². The first kappa shape index (κ1) is 10.5. The Labute approximate surface area is 86.1 Å². The van der Waals surface area contributed by atoms with Crippen LogP contribution in [0.4, 0.5) is 0 Å². The Kier molecular flexibility index (Phi) is 2.29. The molecule has 6 heteroatoms. The van der Waals surface area contributed by atoms with Crippen molar-refractivity contribution in [1.82, 2.24) is 0 Å². The summed E-state index contributed by atoms with van der Waals surface area (Å²) in [6.45, 7) is 3.60. The molecule has 6 nitrogen and oxygen atoms in total. The molecule has 3 atom stereocenters. The zero-order chi connectivity index (χ0) is 11.2. The molecule has 0 saturated carbocycles. The summed E-state index contributed by atoms with van der Waals surface area (Å²) in [5.74, 6) is -2.71. The summed E-state index contributed by atoms with van der Waals surface area (Å²) in [7, 11) is 0. The summed E-state index contributed by atoms with van der Waals surface area (Å²) in [6, 6.07) is 0. The van der Waals surface area contributed by atoms with E-state index in [0.717, 1.165) is 0 Å². The van der Waals surface area contributed by atoms with Gasteiger partial charge in [0.05, 0.1) is 6.61 Å². The first-order chi connectivity index (χ1) is 6.91. The maximum atomic E-state index is 11.0. The highest BCUT2D eigenvalue weighted by Crippen LogP contribution is 2.28. The van der Waals surface area contributed by atoms with Crippen LogP contribution in [0.3, 0.4) is 0 Å². The van der Waals surface area contributed by atoms with Crippen LogP contribution in [-0.2, 0) is 23.8 Å². The Balaban J connectivity index is 2.08. The molecule has 2 aliphatic rings. The highest BCUT2D eigenvalue weighted by molar-refractivity contribution is 6.37. The Hall–Kier alpha value is -0.980. The highest BCUT2D eigenvalue weighted by Gasteiger charge is 2.50. The second kappa shape index (κ2) is 3.26. The van der Waals surface area contributed by atoms with Crippen LogP contribution in [0, 0.1) is 0 Å². The van der Waals surface area contributed by atoms with Crippen LogP contribution in [0.2, 0.25) is 0 Å². The summed E-state index contributed by atoms with van der Waals surface area (Å²) in [6.07, 6.45) is -2.99. The van der Waals surface area contributed by atoms with Crippen molar-refractivity contribution in [3.05, 3.63) is 0 Å². The fraction of sp³-hybridized carbons (Fsp3) is 0.778. The van der Waals surface area contributed by atoms with Gasteiger partial charge in [-0.2, -0.15) is 0 Å². The molecule has 0 bridgehead atoms. The van der Waals surface area contributed by atoms with Gasteiger partial charge in [-0.15, -0.1) is 0 Å². The quantitative estimate of drug-likeness (QED) is 0.447. The molecule has 2 heterocycles. The topological polar surface area (TPSA) is 82.1 Å². The SMILES string of the molecule is CC1(C)OC[C@@H]([C@H]2OC(=O)C(=O)C2O)O1. The van der Waals surface area contributed by atoms with Crippen molar-refractivity contribution < 1.29 is 28.9 Å². The monoisotopic (exact) mass is 216 g/mol. The molecule has 2 aliphatic heterocycles. The molecule has 15 heavy (non-hydrogen) atoms. The van der Waals surface area contributed by atoms with Gasteiger partial charge in [-0.1, -0.05) is 0 Å². The molecule has 1 N–H and O–H groups in total. The van der Waals surface area contributed by atoms with Gasteiger partial charge in [-0.05, 0) is 13.8 Å². The van der Waals surface area contributed by atoms with Crippen LogP contribution in [-0.4, -0.2) is 47.6 Å². The van der Waals surface area contributed by atoms with Gasteiger partial charge in [0.1, 0.15) is 6.10 Å². The lowest BCUT2D eigenvalue weighted by atomic mass is 10.1. The minimum atomic E-state index is -1.44. The summed E-state index contributed by atoms with van der Waals surface area (Å²) < 4.78 is 15.4. The fourth-order valence-electron chi connectivity index (χ4n) is 1.67. The number of aliphatic hydroxyl groups is 1. The second-order valence-electron chi connectivity index (χ2n) is 4.05. The molecule has 0 amide bonds. The fourth-order valence-corrected chi connectivity index (χ4v) is 1.67. The number of hydrogen-bond acceptors (Lipinski definition) is 6. The molecule has 0 aliphatic carbocycles. The Bertz CT molecular complexity index is 310. The molecule has 2 fully saturated rings. The number of rotatable bonds is 1. The summed E-state index contributed by atoms with van der Waals surface area (Å²) in [5, 5.41) is 9.43. The Morgan fingerprint density at radius 1 is 1.40 bits per heavy atom. The maximum Gasteiger partial charge on any atom is 0.378 e. The van der Waals surface area contributed by atoms with E-state index in [4.69, 9.17) is 14.2 Å². The minimum Gasteiger partial charge on any atom is -0.450 e. The summed E-state index contributed by atoms with van der Waals surface area (Å²) in [4.78, 5) is 21.9. The normalized spacial score (nSPS) is 39.5. The first-order valence-electron chi connectivity index (χ1n) is 4.65. The smallest absolute Gasteiger partial charge is 0.378 e. The third-order valence-corrected chi connectivity index (χ3v) is 2.42. The van der Waals surface area contributed by atoms with E-state index in [1.165, 1.54) is 0 Å². The van der Waals surface area contributed by atoms with E-state index in [1.54, 1.807) is 13.8 Å². The summed E-state index contributed by atoms with van der Waals surface area (Å²) in [5.41, 5.74) is 0. The largest absolute Gasteiger partial charge is 0.450 e. The van der Waals surface area contributed by atoms with E-state index < -0.39 is 35.9 Å². The van der Waals surface area contributed by atoms with Gasteiger partial charge < -0.3 is 19.3 Å². The Morgan fingerprint density at radius 2 is 2.07 bits per heavy atom. The van der Waals surface area contributed by atoms with Gasteiger partial charge >= 0.3 is 5.97 Å². The molecule has 2 rings (SSSR count). The lowest BCUT2D eigenvalue weighted by Crippen LogP contribution is -2.39. The molecule has 2 saturated heterocycles. The van der Waals surface area contributed by atoms with Crippen LogP contribution in [0.25, 0.3) is 0 Å². The lowest BCUT2D eigenvalue weighted by Gasteiger charge is -2.20. The van der Waals surface area contributed by atoms with Crippen molar-refractivity contribution >= 4 is 11.8 Å². The van der Waals surface area contributed by atoms with Crippen molar-refractivity contribution in [3.8, 4) is 0 Å². The van der Waals surface area contributed by atoms with Crippen molar-refractivity contribution in [2.45, 2.75) is 37.9 Å². The standard InChI is InChI=1S/C9H12O6/c1-9(2)13-3-4(15-9)7-5(10)6(11)8(12)14-7/h4-5,7,10H,3H2,1-2H3/t4-,5?,7+/m0/s1. The van der Waals surface area contributed by atoms with E-state index in [1.807, 2.05) is 0 Å². The van der Waals surface area contributed by atoms with E-state index in [-0.39, 0.29) is 6.61 Å². The van der Waals surface area contributed by atoms with Gasteiger partial charge in [-0.25, -0.2) is 4.79 Å². The third-order valence-electron chi connectivity index (χ3n) is 2.42. The van der Waals surface area contributed by atoms with E-state index in [2.05, 4.69) is 0 Å². The molecule has 1 unspecified atom stereocenters. The predicted molar refractivity (Wildman–Crippen MR) is 45.8 cm³/mol. The zero-order valence-corrected chi connectivity index (χ0v) is 8.43. The predicted octanol–water partition coefficient (Wildman–Crippen LogP) is -1.01. The molecule has 0 aromatic heterocycles. The molecule has 0 spiro atoms. The van der Waals surface area contributed by atoms with Crippen molar-refractivity contribution in [1.29, 1.82) is 0 Å². The van der Waals surface area contributed by atoms with Crippen molar-refractivity contribution in [2.75, 3.05) is 6.61 Å². The van der Waals surface area contributed by atoms with Gasteiger partial charge in [0.15, 0.2) is 18.0 Å². The van der Waals surface area contributed by atoms with E-state index >= 15 is 0 Å². The Morgan fingerprint density at radius 3 is 2.47 bits per heavy atom. The molecular formula is C9H12O6. The number of carbonyl (C=O) groups is 2. The van der Waals surface area contributed by atoms with Crippen molar-refractivity contribution in [3.63, 3.8) is 0 Å². The number of esters is 1. The molecule has 0 radical (unpaired) electrons. The average Bonchev–Trinajstić information content (AvgIpc) is 2.62. The number of carbonyl (C=O) groups excluding carboxylic acids is 2. The maximum absolute atomic E-state index is 11.0. The molecular weight excluding hydrogens is 204 g/mol. The number of Topliss-reactive ketones (excluding diaryl/α,β-unsaturated/α-hetero) is 1. The van der Waals surface area contributed by atoms with Crippen LogP contribution in [0.15, 0.2) is 0 Å². The van der Waals surface area contributed by atoms with Crippen LogP contribution in [0.5, 0.6) is 0 Å². The van der Waals surface area contributed by atoms with Gasteiger partial charge in [0, 0.05) is 0 Å².